The summed E-state index contributed by atoms with van der Waals surface area (Å²) in [5, 5.41) is 0.493. The molecule has 0 N–H and O–H groups in total. The number of hydrogen-bond acceptors (Lipinski definition) is 5. The monoisotopic (exact) mass is 352 g/mol. The number of halogens is 1. The molecule has 0 radical (unpaired) electrons. The van der Waals surface area contributed by atoms with Crippen LogP contribution in [0.5, 0.6) is 5.75 Å². The predicted molar refractivity (Wildman–Crippen MR) is 91.3 cm³/mol. The van der Waals surface area contributed by atoms with Crippen LogP contribution in [-0.4, -0.2) is 27.0 Å². The predicted octanol–water partition coefficient (Wildman–Crippen LogP) is 4.40. The third-order valence-electron chi connectivity index (χ3n) is 3.01. The molecule has 4 nitrogen and oxygen atoms in total. The highest BCUT2D eigenvalue weighted by molar-refractivity contribution is 7.98. The highest BCUT2D eigenvalue weighted by Gasteiger charge is 2.20. The minimum atomic E-state index is -0.462. The van der Waals surface area contributed by atoms with E-state index in [2.05, 4.69) is 0 Å². The largest absolute Gasteiger partial charge is 0.467 e. The summed E-state index contributed by atoms with van der Waals surface area (Å²) in [4.78, 5) is 13.2. The normalized spacial score (nSPS) is 10.4. The Balaban J connectivity index is 2.31. The number of thioether (sulfide) groups is 1. The van der Waals surface area contributed by atoms with Crippen LogP contribution in [0.4, 0.5) is 0 Å². The van der Waals surface area contributed by atoms with Crippen molar-refractivity contribution in [1.29, 1.82) is 0 Å². The number of carbonyl (C=O) groups excluding carboxylic acids is 1. The smallest absolute Gasteiger partial charge is 0.341 e. The van der Waals surface area contributed by atoms with Crippen molar-refractivity contribution in [3.8, 4) is 5.75 Å². The van der Waals surface area contributed by atoms with Crippen molar-refractivity contribution in [3.63, 3.8) is 0 Å². The molecule has 2 aromatic rings. The van der Waals surface area contributed by atoms with E-state index in [0.29, 0.717) is 22.1 Å². The summed E-state index contributed by atoms with van der Waals surface area (Å²) in [5.41, 5.74) is 1.13. The van der Waals surface area contributed by atoms with Gasteiger partial charge in [-0.05, 0) is 29.8 Å². The quantitative estimate of drug-likeness (QED) is 0.420. The zero-order valence-corrected chi connectivity index (χ0v) is 14.4. The van der Waals surface area contributed by atoms with Gasteiger partial charge in [0.05, 0.1) is 7.11 Å². The molecule has 23 heavy (non-hydrogen) atoms. The Morgan fingerprint density at radius 1 is 1.17 bits per heavy atom. The van der Waals surface area contributed by atoms with Crippen LogP contribution in [0.2, 0.25) is 5.02 Å². The second-order valence-corrected chi connectivity index (χ2v) is 6.07. The van der Waals surface area contributed by atoms with Gasteiger partial charge in [0.1, 0.15) is 11.3 Å². The molecular formula is C17H17ClO4S. The van der Waals surface area contributed by atoms with Crippen LogP contribution < -0.4 is 4.74 Å². The zero-order valence-electron chi connectivity index (χ0n) is 12.9. The summed E-state index contributed by atoms with van der Waals surface area (Å²) < 4.78 is 15.2. The van der Waals surface area contributed by atoms with Gasteiger partial charge >= 0.3 is 5.97 Å². The Kier molecular flexibility index (Phi) is 6.77. The molecule has 6 heteroatoms. The molecule has 0 aliphatic rings. The van der Waals surface area contributed by atoms with E-state index in [-0.39, 0.29) is 6.79 Å². The van der Waals surface area contributed by atoms with Crippen LogP contribution in [0.15, 0.2) is 47.4 Å². The minimum absolute atomic E-state index is 0.0234. The molecule has 0 aliphatic heterocycles. The second-order valence-electron chi connectivity index (χ2n) is 4.58. The molecule has 0 bridgehead atoms. The SMILES string of the molecule is COCOc1cc(Cl)cc(CSc2ccccc2)c1C(=O)OC. The highest BCUT2D eigenvalue weighted by Crippen LogP contribution is 2.32. The molecule has 0 saturated carbocycles. The van der Waals surface area contributed by atoms with Crippen molar-refractivity contribution >= 4 is 29.3 Å². The Hall–Kier alpha value is -1.69. The molecule has 0 spiro atoms. The number of methoxy groups -OCH3 is 2. The van der Waals surface area contributed by atoms with Crippen LogP contribution in [0, 0.1) is 0 Å². The summed E-state index contributed by atoms with van der Waals surface area (Å²) >= 11 is 7.75. The first-order valence-corrected chi connectivity index (χ1v) is 8.22. The maximum atomic E-state index is 12.1. The van der Waals surface area contributed by atoms with Crippen LogP contribution in [0.1, 0.15) is 15.9 Å². The molecule has 2 rings (SSSR count). The number of esters is 1. The Bertz CT molecular complexity index is 661. The van der Waals surface area contributed by atoms with Crippen molar-refractivity contribution in [2.45, 2.75) is 10.6 Å². The first-order chi connectivity index (χ1) is 11.2. The zero-order chi connectivity index (χ0) is 16.7. The molecule has 0 heterocycles. The van der Waals surface area contributed by atoms with E-state index in [4.69, 9.17) is 25.8 Å². The fourth-order valence-electron chi connectivity index (χ4n) is 2.00. The Morgan fingerprint density at radius 2 is 1.91 bits per heavy atom. The van der Waals surface area contributed by atoms with Gasteiger partial charge < -0.3 is 14.2 Å². The van der Waals surface area contributed by atoms with Crippen molar-refractivity contribution in [3.05, 3.63) is 58.6 Å². The number of benzene rings is 2. The lowest BCUT2D eigenvalue weighted by atomic mass is 10.1. The fraction of sp³-hybridized carbons (Fsp3) is 0.235. The maximum Gasteiger partial charge on any atom is 0.341 e. The maximum absolute atomic E-state index is 12.1. The average molecular weight is 353 g/mol. The average Bonchev–Trinajstić information content (AvgIpc) is 2.58. The van der Waals surface area contributed by atoms with Crippen molar-refractivity contribution in [2.75, 3.05) is 21.0 Å². The molecule has 0 saturated heterocycles. The van der Waals surface area contributed by atoms with Crippen LogP contribution in [-0.2, 0) is 15.2 Å². The summed E-state index contributed by atoms with van der Waals surface area (Å²) in [5.74, 6) is 0.463. The molecule has 122 valence electrons. The van der Waals surface area contributed by atoms with Gasteiger partial charge in [-0.3, -0.25) is 0 Å². The highest BCUT2D eigenvalue weighted by atomic mass is 35.5. The van der Waals surface area contributed by atoms with E-state index in [1.165, 1.54) is 14.2 Å². The van der Waals surface area contributed by atoms with E-state index >= 15 is 0 Å². The van der Waals surface area contributed by atoms with Gasteiger partial charge in [0.2, 0.25) is 0 Å². The molecule has 0 aliphatic carbocycles. The molecule has 0 aromatic heterocycles. The van der Waals surface area contributed by atoms with Crippen molar-refractivity contribution in [1.82, 2.24) is 0 Å². The van der Waals surface area contributed by atoms with Gasteiger partial charge in [-0.1, -0.05) is 29.8 Å². The Labute approximate surface area is 144 Å². The van der Waals surface area contributed by atoms with Crippen LogP contribution in [0.3, 0.4) is 0 Å². The van der Waals surface area contributed by atoms with Gasteiger partial charge in [0.25, 0.3) is 0 Å². The molecular weight excluding hydrogens is 336 g/mol. The fourth-order valence-corrected chi connectivity index (χ4v) is 3.13. The number of carbonyl (C=O) groups is 1. The molecule has 2 aromatic carbocycles. The number of rotatable bonds is 7. The lowest BCUT2D eigenvalue weighted by Gasteiger charge is -2.14. The van der Waals surface area contributed by atoms with E-state index in [1.54, 1.807) is 23.9 Å². The Morgan fingerprint density at radius 3 is 2.57 bits per heavy atom. The summed E-state index contributed by atoms with van der Waals surface area (Å²) in [7, 11) is 2.85. The number of hydrogen-bond donors (Lipinski definition) is 0. The van der Waals surface area contributed by atoms with E-state index in [1.807, 2.05) is 30.3 Å². The minimum Gasteiger partial charge on any atom is -0.467 e. The van der Waals surface area contributed by atoms with Gasteiger partial charge in [0, 0.05) is 22.8 Å². The summed E-state index contributed by atoms with van der Waals surface area (Å²) in [6, 6.07) is 13.3. The first kappa shape index (κ1) is 17.7. The lowest BCUT2D eigenvalue weighted by Crippen LogP contribution is -2.10. The second kappa shape index (κ2) is 8.82. The number of ether oxygens (including phenoxy) is 3. The summed E-state index contributed by atoms with van der Waals surface area (Å²) in [6.45, 7) is 0.0234. The van der Waals surface area contributed by atoms with Crippen LogP contribution >= 0.6 is 23.4 Å². The third kappa shape index (κ3) is 4.89. The van der Waals surface area contributed by atoms with Crippen molar-refractivity contribution < 1.29 is 19.0 Å². The topological polar surface area (TPSA) is 44.8 Å². The van der Waals surface area contributed by atoms with Gasteiger partial charge in [-0.15, -0.1) is 11.8 Å². The molecule has 0 amide bonds. The summed E-state index contributed by atoms with van der Waals surface area (Å²) in [6.07, 6.45) is 0. The molecule has 0 unspecified atom stereocenters. The van der Waals surface area contributed by atoms with Gasteiger partial charge in [0.15, 0.2) is 6.79 Å². The van der Waals surface area contributed by atoms with Crippen LogP contribution in [0.25, 0.3) is 0 Å². The van der Waals surface area contributed by atoms with E-state index < -0.39 is 5.97 Å². The van der Waals surface area contributed by atoms with Crippen molar-refractivity contribution in [2.24, 2.45) is 0 Å². The lowest BCUT2D eigenvalue weighted by molar-refractivity contribution is 0.0464. The van der Waals surface area contributed by atoms with E-state index in [0.717, 1.165) is 10.5 Å². The van der Waals surface area contributed by atoms with E-state index in [9.17, 15) is 4.79 Å². The first-order valence-electron chi connectivity index (χ1n) is 6.86. The third-order valence-corrected chi connectivity index (χ3v) is 4.29. The molecule has 0 atom stereocenters. The van der Waals surface area contributed by atoms with Gasteiger partial charge in [-0.25, -0.2) is 4.79 Å². The molecule has 0 fully saturated rings. The standard InChI is InChI=1S/C17H17ClO4S/c1-20-11-22-15-9-13(18)8-12(16(15)17(19)21-2)10-23-14-6-4-3-5-7-14/h3-9H,10-11H2,1-2H3. The van der Waals surface area contributed by atoms with Gasteiger partial charge in [-0.2, -0.15) is 0 Å².